The summed E-state index contributed by atoms with van der Waals surface area (Å²) in [7, 11) is 0. The van der Waals surface area contributed by atoms with E-state index in [1.54, 1.807) is 11.8 Å². The lowest BCUT2D eigenvalue weighted by Crippen LogP contribution is -1.99. The van der Waals surface area contributed by atoms with Crippen LogP contribution in [0.4, 0.5) is 0 Å². The van der Waals surface area contributed by atoms with Gasteiger partial charge in [-0.15, -0.1) is 11.8 Å². The molecule has 0 fully saturated rings. The first kappa shape index (κ1) is 9.55. The van der Waals surface area contributed by atoms with Crippen LogP contribution in [0.25, 0.3) is 0 Å². The quantitative estimate of drug-likeness (QED) is 0.724. The van der Waals surface area contributed by atoms with Gasteiger partial charge in [-0.25, -0.2) is 4.98 Å². The summed E-state index contributed by atoms with van der Waals surface area (Å²) in [6.45, 7) is 2.75. The molecule has 1 aromatic heterocycles. The second-order valence-corrected chi connectivity index (χ2v) is 3.60. The van der Waals surface area contributed by atoms with Crippen molar-refractivity contribution in [1.82, 2.24) is 4.98 Å². The highest BCUT2D eigenvalue weighted by atomic mass is 32.2. The molecule has 0 saturated carbocycles. The fourth-order valence-electron chi connectivity index (χ4n) is 0.908. The second-order valence-electron chi connectivity index (χ2n) is 2.52. The van der Waals surface area contributed by atoms with Crippen molar-refractivity contribution >= 4 is 11.8 Å². The monoisotopic (exact) mass is 182 g/mol. The molecule has 0 spiro atoms. The number of rotatable bonds is 4. The Morgan fingerprint density at radius 1 is 1.58 bits per heavy atom. The van der Waals surface area contributed by atoms with Gasteiger partial charge in [0.15, 0.2) is 0 Å². The van der Waals surface area contributed by atoms with E-state index in [0.29, 0.717) is 6.54 Å². The first-order chi connectivity index (χ1) is 5.88. The van der Waals surface area contributed by atoms with Crippen molar-refractivity contribution in [2.75, 3.05) is 5.75 Å². The highest BCUT2D eigenvalue weighted by Gasteiger charge is 2.00. The summed E-state index contributed by atoms with van der Waals surface area (Å²) in [5, 5.41) is 1.09. The Morgan fingerprint density at radius 2 is 2.42 bits per heavy atom. The van der Waals surface area contributed by atoms with Gasteiger partial charge in [0.2, 0.25) is 0 Å². The lowest BCUT2D eigenvalue weighted by molar-refractivity contribution is 0.960. The van der Waals surface area contributed by atoms with Gasteiger partial charge in [0.05, 0.1) is 0 Å². The molecular formula is C9H14N2S. The molecule has 0 unspecified atom stereocenters. The number of nitrogens with two attached hydrogens (primary N) is 1. The Kier molecular flexibility index (Phi) is 4.11. The van der Waals surface area contributed by atoms with E-state index in [9.17, 15) is 0 Å². The topological polar surface area (TPSA) is 38.9 Å². The van der Waals surface area contributed by atoms with Crippen molar-refractivity contribution in [2.24, 2.45) is 5.73 Å². The minimum Gasteiger partial charge on any atom is -0.326 e. The molecule has 12 heavy (non-hydrogen) atoms. The van der Waals surface area contributed by atoms with Gasteiger partial charge in [-0.2, -0.15) is 0 Å². The van der Waals surface area contributed by atoms with Crippen molar-refractivity contribution in [1.29, 1.82) is 0 Å². The standard InChI is InChI=1S/C9H14N2S/c1-2-6-12-9-8(7-10)4-3-5-11-9/h3-5H,2,6-7,10H2,1H3. The second kappa shape index (κ2) is 5.17. The van der Waals surface area contributed by atoms with Crippen LogP contribution < -0.4 is 5.73 Å². The fourth-order valence-corrected chi connectivity index (χ4v) is 1.78. The van der Waals surface area contributed by atoms with Crippen LogP contribution >= 0.6 is 11.8 Å². The Hall–Kier alpha value is -0.540. The molecule has 0 radical (unpaired) electrons. The molecule has 0 atom stereocenters. The van der Waals surface area contributed by atoms with Crippen molar-refractivity contribution in [3.63, 3.8) is 0 Å². The number of pyridine rings is 1. The number of aromatic nitrogens is 1. The molecule has 1 heterocycles. The Bertz CT molecular complexity index is 238. The molecule has 2 nitrogen and oxygen atoms in total. The molecule has 1 rings (SSSR count). The Balaban J connectivity index is 2.68. The van der Waals surface area contributed by atoms with Gasteiger partial charge in [0, 0.05) is 12.7 Å². The van der Waals surface area contributed by atoms with Gasteiger partial charge in [-0.05, 0) is 23.8 Å². The number of hydrogen-bond acceptors (Lipinski definition) is 3. The van der Waals surface area contributed by atoms with Gasteiger partial charge in [0.25, 0.3) is 0 Å². The van der Waals surface area contributed by atoms with Crippen LogP contribution in [0.5, 0.6) is 0 Å². The van der Waals surface area contributed by atoms with E-state index in [1.165, 1.54) is 6.42 Å². The van der Waals surface area contributed by atoms with Gasteiger partial charge in [-0.1, -0.05) is 13.0 Å². The Morgan fingerprint density at radius 3 is 3.08 bits per heavy atom. The lowest BCUT2D eigenvalue weighted by Gasteiger charge is -2.03. The first-order valence-corrected chi connectivity index (χ1v) is 5.13. The SMILES string of the molecule is CCCSc1ncccc1CN. The summed E-state index contributed by atoms with van der Waals surface area (Å²) in [5.74, 6) is 1.12. The number of hydrogen-bond donors (Lipinski definition) is 1. The van der Waals surface area contributed by atoms with Crippen LogP contribution in [0.1, 0.15) is 18.9 Å². The smallest absolute Gasteiger partial charge is 0.100 e. The van der Waals surface area contributed by atoms with Crippen LogP contribution in [0.2, 0.25) is 0 Å². The molecule has 0 aromatic carbocycles. The highest BCUT2D eigenvalue weighted by Crippen LogP contribution is 2.19. The lowest BCUT2D eigenvalue weighted by atomic mass is 10.3. The molecule has 1 aromatic rings. The van der Waals surface area contributed by atoms with Crippen LogP contribution in [-0.2, 0) is 6.54 Å². The highest BCUT2D eigenvalue weighted by molar-refractivity contribution is 7.99. The molecule has 0 aliphatic rings. The third kappa shape index (κ3) is 2.50. The minimum absolute atomic E-state index is 0.583. The van der Waals surface area contributed by atoms with Gasteiger partial charge >= 0.3 is 0 Å². The third-order valence-electron chi connectivity index (χ3n) is 1.51. The zero-order chi connectivity index (χ0) is 8.81. The maximum absolute atomic E-state index is 5.57. The zero-order valence-electron chi connectivity index (χ0n) is 7.29. The summed E-state index contributed by atoms with van der Waals surface area (Å²) < 4.78 is 0. The number of thioether (sulfide) groups is 1. The molecule has 0 aliphatic carbocycles. The van der Waals surface area contributed by atoms with E-state index in [0.717, 1.165) is 16.3 Å². The molecule has 2 N–H and O–H groups in total. The predicted octanol–water partition coefficient (Wildman–Crippen LogP) is 2.04. The fraction of sp³-hybridized carbons (Fsp3) is 0.444. The van der Waals surface area contributed by atoms with Crippen LogP contribution in [0.3, 0.4) is 0 Å². The molecule has 0 aliphatic heterocycles. The largest absolute Gasteiger partial charge is 0.326 e. The maximum atomic E-state index is 5.57. The molecule has 0 bridgehead atoms. The predicted molar refractivity (Wildman–Crippen MR) is 53.1 cm³/mol. The van der Waals surface area contributed by atoms with Gasteiger partial charge in [-0.3, -0.25) is 0 Å². The van der Waals surface area contributed by atoms with E-state index in [2.05, 4.69) is 11.9 Å². The molecule has 66 valence electrons. The van der Waals surface area contributed by atoms with E-state index in [-0.39, 0.29) is 0 Å². The van der Waals surface area contributed by atoms with E-state index in [1.807, 2.05) is 18.3 Å². The van der Waals surface area contributed by atoms with E-state index < -0.39 is 0 Å². The van der Waals surface area contributed by atoms with Crippen LogP contribution in [0.15, 0.2) is 23.4 Å². The van der Waals surface area contributed by atoms with Crippen molar-refractivity contribution < 1.29 is 0 Å². The summed E-state index contributed by atoms with van der Waals surface area (Å²) in [6, 6.07) is 3.96. The van der Waals surface area contributed by atoms with Crippen LogP contribution in [-0.4, -0.2) is 10.7 Å². The average Bonchev–Trinajstić information content (AvgIpc) is 2.15. The normalized spacial score (nSPS) is 10.2. The third-order valence-corrected chi connectivity index (χ3v) is 2.77. The average molecular weight is 182 g/mol. The number of nitrogens with zero attached hydrogens (tertiary/aromatic N) is 1. The van der Waals surface area contributed by atoms with E-state index in [4.69, 9.17) is 5.73 Å². The molecule has 0 amide bonds. The van der Waals surface area contributed by atoms with Crippen molar-refractivity contribution in [3.05, 3.63) is 23.9 Å². The van der Waals surface area contributed by atoms with Crippen LogP contribution in [0, 0.1) is 0 Å². The zero-order valence-corrected chi connectivity index (χ0v) is 8.10. The molecular weight excluding hydrogens is 168 g/mol. The molecule has 0 saturated heterocycles. The van der Waals surface area contributed by atoms with Gasteiger partial charge < -0.3 is 5.73 Å². The maximum Gasteiger partial charge on any atom is 0.100 e. The Labute approximate surface area is 77.6 Å². The van der Waals surface area contributed by atoms with E-state index >= 15 is 0 Å². The van der Waals surface area contributed by atoms with Gasteiger partial charge in [0.1, 0.15) is 5.03 Å². The summed E-state index contributed by atoms with van der Waals surface area (Å²) in [6.07, 6.45) is 2.99. The summed E-state index contributed by atoms with van der Waals surface area (Å²) in [4.78, 5) is 4.27. The summed E-state index contributed by atoms with van der Waals surface area (Å²) in [5.41, 5.74) is 6.72. The summed E-state index contributed by atoms with van der Waals surface area (Å²) >= 11 is 1.78. The van der Waals surface area contributed by atoms with Crippen molar-refractivity contribution in [3.8, 4) is 0 Å². The first-order valence-electron chi connectivity index (χ1n) is 4.15. The minimum atomic E-state index is 0.583. The molecule has 3 heteroatoms. The van der Waals surface area contributed by atoms with Crippen molar-refractivity contribution in [2.45, 2.75) is 24.9 Å².